The molecule has 158 valence electrons. The molecular formula is C25H26N4O2. The molecule has 0 aliphatic carbocycles. The summed E-state index contributed by atoms with van der Waals surface area (Å²) in [5.41, 5.74) is 4.30. The van der Waals surface area contributed by atoms with Crippen LogP contribution in [-0.2, 0) is 0 Å². The van der Waals surface area contributed by atoms with Crippen LogP contribution in [0.4, 0.5) is 11.4 Å². The summed E-state index contributed by atoms with van der Waals surface area (Å²) in [6.07, 6.45) is 3.54. The Hall–Kier alpha value is -3.80. The van der Waals surface area contributed by atoms with Crippen LogP contribution in [0.1, 0.15) is 29.8 Å². The van der Waals surface area contributed by atoms with Crippen LogP contribution in [0.25, 0.3) is 5.52 Å². The smallest absolute Gasteiger partial charge is 0.255 e. The molecule has 0 saturated carbocycles. The van der Waals surface area contributed by atoms with Crippen LogP contribution in [0.15, 0.2) is 73.1 Å². The predicted molar refractivity (Wildman–Crippen MR) is 123 cm³/mol. The molecule has 2 aromatic heterocycles. The van der Waals surface area contributed by atoms with Crippen LogP contribution >= 0.6 is 0 Å². The maximum Gasteiger partial charge on any atom is 0.255 e. The molecule has 0 saturated heterocycles. The second-order valence-corrected chi connectivity index (χ2v) is 7.25. The first kappa shape index (κ1) is 20.5. The van der Waals surface area contributed by atoms with Crippen molar-refractivity contribution in [3.05, 3.63) is 84.2 Å². The molecule has 6 heteroatoms. The molecule has 2 heterocycles. The maximum atomic E-state index is 12.9. The molecule has 2 aromatic carbocycles. The van der Waals surface area contributed by atoms with Gasteiger partial charge in [0.25, 0.3) is 5.91 Å². The third kappa shape index (κ3) is 4.23. The van der Waals surface area contributed by atoms with Crippen molar-refractivity contribution in [2.45, 2.75) is 20.8 Å². The normalized spacial score (nSPS) is 10.8. The van der Waals surface area contributed by atoms with E-state index in [9.17, 15) is 4.79 Å². The lowest BCUT2D eigenvalue weighted by Crippen LogP contribution is -2.30. The second-order valence-electron chi connectivity index (χ2n) is 7.25. The van der Waals surface area contributed by atoms with Crippen molar-refractivity contribution in [3.63, 3.8) is 0 Å². The first-order valence-corrected chi connectivity index (χ1v) is 10.5. The van der Waals surface area contributed by atoms with Crippen LogP contribution in [0.5, 0.6) is 11.5 Å². The molecule has 0 aliphatic rings. The highest BCUT2D eigenvalue weighted by Gasteiger charge is 2.20. The van der Waals surface area contributed by atoms with Crippen molar-refractivity contribution in [2.75, 3.05) is 18.4 Å². The van der Waals surface area contributed by atoms with E-state index in [0.29, 0.717) is 18.7 Å². The number of carbonyl (C=O) groups excluding carboxylic acids is 1. The van der Waals surface area contributed by atoms with Crippen molar-refractivity contribution in [2.24, 2.45) is 0 Å². The van der Waals surface area contributed by atoms with Crippen LogP contribution in [0, 0.1) is 6.92 Å². The molecule has 4 aromatic rings. The number of anilines is 2. The minimum absolute atomic E-state index is 0.0290. The Bertz CT molecular complexity index is 1180. The average Bonchev–Trinajstić information content (AvgIpc) is 3.14. The van der Waals surface area contributed by atoms with E-state index < -0.39 is 0 Å². The van der Waals surface area contributed by atoms with Crippen LogP contribution in [0.3, 0.4) is 0 Å². The monoisotopic (exact) mass is 414 g/mol. The third-order valence-corrected chi connectivity index (χ3v) is 5.32. The molecule has 1 N–H and O–H groups in total. The molecule has 0 aliphatic heterocycles. The van der Waals surface area contributed by atoms with E-state index in [4.69, 9.17) is 4.74 Å². The van der Waals surface area contributed by atoms with Crippen molar-refractivity contribution in [3.8, 4) is 11.5 Å². The number of para-hydroxylation sites is 1. The molecule has 0 radical (unpaired) electrons. The number of ether oxygens (including phenoxy) is 1. The first-order chi connectivity index (χ1) is 15.1. The highest BCUT2D eigenvalue weighted by atomic mass is 16.5. The average molecular weight is 415 g/mol. The van der Waals surface area contributed by atoms with E-state index in [1.54, 1.807) is 10.7 Å². The fraction of sp³-hybridized carbons (Fsp3) is 0.200. The minimum Gasteiger partial charge on any atom is -0.457 e. The molecule has 6 nitrogen and oxygen atoms in total. The number of aryl methyl sites for hydroxylation is 1. The minimum atomic E-state index is 0.0290. The molecule has 0 spiro atoms. The molecular weight excluding hydrogens is 388 g/mol. The standard InChI is InChI=1S/C25H26N4O2/c1-4-28(5-2)25(30)22-17-29-24(18(22)3)23(15-16-26-29)27-19-11-13-21(14-12-19)31-20-9-7-6-8-10-20/h6-17,27H,4-5H2,1-3H3. The SMILES string of the molecule is CCN(CC)C(=O)c1cn2nccc(Nc3ccc(Oc4ccccc4)cc3)c2c1C. The third-order valence-electron chi connectivity index (χ3n) is 5.32. The van der Waals surface area contributed by atoms with Gasteiger partial charge >= 0.3 is 0 Å². The van der Waals surface area contributed by atoms with Gasteiger partial charge in [0.1, 0.15) is 11.5 Å². The van der Waals surface area contributed by atoms with Gasteiger partial charge in [0.15, 0.2) is 0 Å². The first-order valence-electron chi connectivity index (χ1n) is 10.5. The number of aromatic nitrogens is 2. The number of amides is 1. The van der Waals surface area contributed by atoms with Crippen LogP contribution in [0.2, 0.25) is 0 Å². The van der Waals surface area contributed by atoms with Gasteiger partial charge in [-0.15, -0.1) is 0 Å². The number of rotatable bonds is 7. The number of fused-ring (bicyclic) bond motifs is 1. The van der Waals surface area contributed by atoms with Gasteiger partial charge < -0.3 is 15.0 Å². The van der Waals surface area contributed by atoms with Crippen molar-refractivity contribution >= 4 is 22.8 Å². The summed E-state index contributed by atoms with van der Waals surface area (Å²) in [7, 11) is 0. The number of hydrogen-bond acceptors (Lipinski definition) is 4. The van der Waals surface area contributed by atoms with Gasteiger partial charge in [-0.3, -0.25) is 4.79 Å². The van der Waals surface area contributed by atoms with E-state index in [1.807, 2.05) is 92.5 Å². The Morgan fingerprint density at radius 2 is 1.68 bits per heavy atom. The lowest BCUT2D eigenvalue weighted by Gasteiger charge is -2.18. The zero-order valence-corrected chi connectivity index (χ0v) is 18.0. The lowest BCUT2D eigenvalue weighted by molar-refractivity contribution is 0.0772. The fourth-order valence-corrected chi connectivity index (χ4v) is 3.64. The molecule has 0 bridgehead atoms. The number of nitrogens with zero attached hydrogens (tertiary/aromatic N) is 3. The number of carbonyl (C=O) groups is 1. The number of nitrogens with one attached hydrogen (secondary N) is 1. The van der Waals surface area contributed by atoms with Crippen molar-refractivity contribution < 1.29 is 9.53 Å². The van der Waals surface area contributed by atoms with E-state index in [2.05, 4.69) is 10.4 Å². The zero-order chi connectivity index (χ0) is 21.8. The zero-order valence-electron chi connectivity index (χ0n) is 18.0. The van der Waals surface area contributed by atoms with Gasteiger partial charge in [-0.1, -0.05) is 18.2 Å². The predicted octanol–water partition coefficient (Wildman–Crippen LogP) is 5.66. The highest BCUT2D eigenvalue weighted by molar-refractivity contribution is 5.99. The molecule has 0 atom stereocenters. The largest absolute Gasteiger partial charge is 0.457 e. The summed E-state index contributed by atoms with van der Waals surface area (Å²) < 4.78 is 7.63. The second kappa shape index (κ2) is 8.92. The van der Waals surface area contributed by atoms with E-state index in [0.717, 1.165) is 34.0 Å². The Balaban J connectivity index is 1.59. The topological polar surface area (TPSA) is 58.9 Å². The Kier molecular flexibility index (Phi) is 5.89. The summed E-state index contributed by atoms with van der Waals surface area (Å²) in [5.74, 6) is 1.59. The summed E-state index contributed by atoms with van der Waals surface area (Å²) >= 11 is 0. The summed E-state index contributed by atoms with van der Waals surface area (Å²) in [6.45, 7) is 7.30. The van der Waals surface area contributed by atoms with Gasteiger partial charge in [0.05, 0.1) is 16.8 Å². The molecule has 0 fully saturated rings. The summed E-state index contributed by atoms with van der Waals surface area (Å²) in [5, 5.41) is 7.85. The van der Waals surface area contributed by atoms with Crippen molar-refractivity contribution in [1.29, 1.82) is 0 Å². The quantitative estimate of drug-likeness (QED) is 0.424. The van der Waals surface area contributed by atoms with E-state index in [-0.39, 0.29) is 5.91 Å². The van der Waals surface area contributed by atoms with E-state index in [1.165, 1.54) is 0 Å². The van der Waals surface area contributed by atoms with Gasteiger partial charge in [-0.25, -0.2) is 4.52 Å². The van der Waals surface area contributed by atoms with Gasteiger partial charge in [0, 0.05) is 31.2 Å². The molecule has 1 amide bonds. The maximum absolute atomic E-state index is 12.9. The summed E-state index contributed by atoms with van der Waals surface area (Å²) in [6, 6.07) is 19.4. The van der Waals surface area contributed by atoms with Gasteiger partial charge in [-0.2, -0.15) is 5.10 Å². The van der Waals surface area contributed by atoms with E-state index >= 15 is 0 Å². The summed E-state index contributed by atoms with van der Waals surface area (Å²) in [4.78, 5) is 14.7. The van der Waals surface area contributed by atoms with Crippen molar-refractivity contribution in [1.82, 2.24) is 14.5 Å². The molecule has 31 heavy (non-hydrogen) atoms. The van der Waals surface area contributed by atoms with Crippen LogP contribution < -0.4 is 10.1 Å². The fourth-order valence-electron chi connectivity index (χ4n) is 3.64. The van der Waals surface area contributed by atoms with Gasteiger partial charge in [-0.05, 0) is 68.8 Å². The Labute approximate surface area is 182 Å². The number of benzene rings is 2. The Morgan fingerprint density at radius 1 is 1.00 bits per heavy atom. The Morgan fingerprint density at radius 3 is 2.35 bits per heavy atom. The van der Waals surface area contributed by atoms with Crippen LogP contribution in [-0.4, -0.2) is 33.5 Å². The van der Waals surface area contributed by atoms with Gasteiger partial charge in [0.2, 0.25) is 0 Å². The molecule has 0 unspecified atom stereocenters. The molecule has 4 rings (SSSR count). The highest BCUT2D eigenvalue weighted by Crippen LogP contribution is 2.29. The number of hydrogen-bond donors (Lipinski definition) is 1. The lowest BCUT2D eigenvalue weighted by atomic mass is 10.1.